The van der Waals surface area contributed by atoms with Gasteiger partial charge in [-0.15, -0.1) is 0 Å². The quantitative estimate of drug-likeness (QED) is 0.653. The van der Waals surface area contributed by atoms with Crippen molar-refractivity contribution in [2.24, 2.45) is 0 Å². The molecule has 1 aromatic carbocycles. The van der Waals surface area contributed by atoms with Crippen molar-refractivity contribution < 1.29 is 23.4 Å². The second-order valence-electron chi connectivity index (χ2n) is 3.30. The van der Waals surface area contributed by atoms with Crippen molar-refractivity contribution in [3.63, 3.8) is 0 Å². The first-order valence-corrected chi connectivity index (χ1v) is 4.67. The van der Waals surface area contributed by atoms with Crippen LogP contribution in [0, 0.1) is 17.5 Å². The maximum absolute atomic E-state index is 13.1. The molecule has 0 spiro atoms. The SMILES string of the molecule is OCC(CO)NCc1cc(F)c(F)cc1F. The molecule has 3 nitrogen and oxygen atoms in total. The average Bonchev–Trinajstić information content (AvgIpc) is 2.26. The predicted molar refractivity (Wildman–Crippen MR) is 51.1 cm³/mol. The van der Waals surface area contributed by atoms with Gasteiger partial charge in [0.25, 0.3) is 0 Å². The van der Waals surface area contributed by atoms with E-state index in [0.29, 0.717) is 6.07 Å². The molecule has 3 N–H and O–H groups in total. The molecule has 0 aliphatic carbocycles. The van der Waals surface area contributed by atoms with Gasteiger partial charge in [0.2, 0.25) is 0 Å². The molecule has 6 heteroatoms. The highest BCUT2D eigenvalue weighted by atomic mass is 19.2. The number of aliphatic hydroxyl groups excluding tert-OH is 2. The van der Waals surface area contributed by atoms with Gasteiger partial charge in [-0.25, -0.2) is 13.2 Å². The highest BCUT2D eigenvalue weighted by molar-refractivity contribution is 5.20. The third kappa shape index (κ3) is 3.19. The Labute approximate surface area is 90.5 Å². The number of nitrogens with one attached hydrogen (secondary N) is 1. The number of rotatable bonds is 5. The van der Waals surface area contributed by atoms with E-state index in [-0.39, 0.29) is 25.3 Å². The van der Waals surface area contributed by atoms with Crippen LogP contribution in [-0.4, -0.2) is 29.5 Å². The molecule has 0 atom stereocenters. The first-order valence-electron chi connectivity index (χ1n) is 4.67. The van der Waals surface area contributed by atoms with Gasteiger partial charge in [-0.2, -0.15) is 0 Å². The van der Waals surface area contributed by atoms with E-state index in [1.165, 1.54) is 0 Å². The highest BCUT2D eigenvalue weighted by Crippen LogP contribution is 2.13. The Hall–Kier alpha value is -1.11. The summed E-state index contributed by atoms with van der Waals surface area (Å²) in [7, 11) is 0. The molecule has 0 saturated carbocycles. The van der Waals surface area contributed by atoms with Crippen LogP contribution in [0.4, 0.5) is 13.2 Å². The molecule has 0 unspecified atom stereocenters. The van der Waals surface area contributed by atoms with Crippen LogP contribution in [0.1, 0.15) is 5.56 Å². The smallest absolute Gasteiger partial charge is 0.161 e. The third-order valence-electron chi connectivity index (χ3n) is 2.11. The Morgan fingerprint density at radius 2 is 1.56 bits per heavy atom. The normalized spacial score (nSPS) is 11.1. The number of halogens is 3. The molecule has 0 aliphatic rings. The minimum Gasteiger partial charge on any atom is -0.395 e. The largest absolute Gasteiger partial charge is 0.395 e. The monoisotopic (exact) mass is 235 g/mol. The predicted octanol–water partition coefficient (Wildman–Crippen LogP) is 0.547. The number of hydrogen-bond donors (Lipinski definition) is 3. The van der Waals surface area contributed by atoms with Crippen LogP contribution >= 0.6 is 0 Å². The van der Waals surface area contributed by atoms with Gasteiger partial charge in [0.05, 0.1) is 19.3 Å². The molecule has 1 rings (SSSR count). The van der Waals surface area contributed by atoms with E-state index in [2.05, 4.69) is 5.32 Å². The summed E-state index contributed by atoms with van der Waals surface area (Å²) in [5.41, 5.74) is -0.0641. The summed E-state index contributed by atoms with van der Waals surface area (Å²) in [4.78, 5) is 0. The summed E-state index contributed by atoms with van der Waals surface area (Å²) < 4.78 is 38.5. The van der Waals surface area contributed by atoms with E-state index >= 15 is 0 Å². The van der Waals surface area contributed by atoms with E-state index in [9.17, 15) is 13.2 Å². The highest BCUT2D eigenvalue weighted by Gasteiger charge is 2.11. The molecule has 0 aromatic heterocycles. The average molecular weight is 235 g/mol. The van der Waals surface area contributed by atoms with Crippen LogP contribution in [0.15, 0.2) is 12.1 Å². The van der Waals surface area contributed by atoms with Crippen molar-refractivity contribution in [3.8, 4) is 0 Å². The summed E-state index contributed by atoms with van der Waals surface area (Å²) in [6, 6.07) is 0.579. The Balaban J connectivity index is 2.70. The lowest BCUT2D eigenvalue weighted by molar-refractivity contribution is 0.170. The van der Waals surface area contributed by atoms with Crippen molar-refractivity contribution in [1.82, 2.24) is 5.32 Å². The molecule has 16 heavy (non-hydrogen) atoms. The van der Waals surface area contributed by atoms with Crippen molar-refractivity contribution in [1.29, 1.82) is 0 Å². The lowest BCUT2D eigenvalue weighted by Gasteiger charge is -2.13. The van der Waals surface area contributed by atoms with Crippen LogP contribution < -0.4 is 5.32 Å². The van der Waals surface area contributed by atoms with Crippen molar-refractivity contribution in [3.05, 3.63) is 35.1 Å². The van der Waals surface area contributed by atoms with Gasteiger partial charge in [-0.3, -0.25) is 0 Å². The van der Waals surface area contributed by atoms with Gasteiger partial charge in [0, 0.05) is 18.2 Å². The lowest BCUT2D eigenvalue weighted by atomic mass is 10.2. The van der Waals surface area contributed by atoms with Crippen molar-refractivity contribution >= 4 is 0 Å². The zero-order valence-corrected chi connectivity index (χ0v) is 8.38. The molecule has 0 saturated heterocycles. The fourth-order valence-electron chi connectivity index (χ4n) is 1.14. The zero-order chi connectivity index (χ0) is 12.1. The minimum absolute atomic E-state index is 0.0641. The summed E-state index contributed by atoms with van der Waals surface area (Å²) in [6.07, 6.45) is 0. The lowest BCUT2D eigenvalue weighted by Crippen LogP contribution is -2.35. The molecule has 0 fully saturated rings. The number of benzene rings is 1. The zero-order valence-electron chi connectivity index (χ0n) is 8.38. The molecule has 0 bridgehead atoms. The van der Waals surface area contributed by atoms with Crippen molar-refractivity contribution in [2.45, 2.75) is 12.6 Å². The molecule has 0 radical (unpaired) electrons. The molecule has 0 heterocycles. The van der Waals surface area contributed by atoms with Gasteiger partial charge >= 0.3 is 0 Å². The van der Waals surface area contributed by atoms with E-state index in [1.54, 1.807) is 0 Å². The van der Waals surface area contributed by atoms with Crippen LogP contribution in [-0.2, 0) is 6.54 Å². The topological polar surface area (TPSA) is 52.5 Å². The van der Waals surface area contributed by atoms with Gasteiger partial charge in [-0.05, 0) is 6.07 Å². The summed E-state index contributed by atoms with van der Waals surface area (Å²) in [5.74, 6) is -3.26. The van der Waals surface area contributed by atoms with Crippen molar-refractivity contribution in [2.75, 3.05) is 13.2 Å². The summed E-state index contributed by atoms with van der Waals surface area (Å²) in [6.45, 7) is -0.765. The van der Waals surface area contributed by atoms with E-state index in [0.717, 1.165) is 6.07 Å². The molecular weight excluding hydrogens is 223 g/mol. The first-order chi connectivity index (χ1) is 7.58. The Morgan fingerprint density at radius 3 is 2.12 bits per heavy atom. The van der Waals surface area contributed by atoms with E-state index in [4.69, 9.17) is 10.2 Å². The van der Waals surface area contributed by atoms with Gasteiger partial charge in [0.1, 0.15) is 5.82 Å². The molecule has 0 amide bonds. The second-order valence-corrected chi connectivity index (χ2v) is 3.30. The maximum atomic E-state index is 13.1. The fraction of sp³-hybridized carbons (Fsp3) is 0.400. The van der Waals surface area contributed by atoms with Crippen LogP contribution in [0.25, 0.3) is 0 Å². The minimum atomic E-state index is -1.25. The Morgan fingerprint density at radius 1 is 1.00 bits per heavy atom. The third-order valence-corrected chi connectivity index (χ3v) is 2.11. The number of hydrogen-bond acceptors (Lipinski definition) is 3. The van der Waals surface area contributed by atoms with Crippen LogP contribution in [0.2, 0.25) is 0 Å². The maximum Gasteiger partial charge on any atom is 0.161 e. The second kappa shape index (κ2) is 5.83. The van der Waals surface area contributed by atoms with Crippen LogP contribution in [0.5, 0.6) is 0 Å². The number of aliphatic hydroxyl groups is 2. The molecule has 1 aromatic rings. The van der Waals surface area contributed by atoms with Gasteiger partial charge in [-0.1, -0.05) is 0 Å². The summed E-state index contributed by atoms with van der Waals surface area (Å²) in [5, 5.41) is 20.0. The first kappa shape index (κ1) is 13.0. The molecule has 0 aliphatic heterocycles. The van der Waals surface area contributed by atoms with Gasteiger partial charge in [0.15, 0.2) is 11.6 Å². The fourth-order valence-corrected chi connectivity index (χ4v) is 1.14. The Bertz CT molecular complexity index is 356. The van der Waals surface area contributed by atoms with Crippen LogP contribution in [0.3, 0.4) is 0 Å². The molecule has 90 valence electrons. The summed E-state index contributed by atoms with van der Waals surface area (Å²) >= 11 is 0. The van der Waals surface area contributed by atoms with E-state index in [1.807, 2.05) is 0 Å². The Kier molecular flexibility index (Phi) is 4.72. The van der Waals surface area contributed by atoms with Gasteiger partial charge < -0.3 is 15.5 Å². The standard InChI is InChI=1S/C10H12F3NO2/c11-8-2-10(13)9(12)1-6(8)3-14-7(4-15)5-16/h1-2,7,14-16H,3-5H2. The molecular formula is C10H12F3NO2. The van der Waals surface area contributed by atoms with E-state index < -0.39 is 23.5 Å².